The molecule has 1 aromatic rings. The molecule has 1 aromatic heterocycles. The van der Waals surface area contributed by atoms with Gasteiger partial charge in [-0.2, -0.15) is 0 Å². The van der Waals surface area contributed by atoms with Crippen molar-refractivity contribution in [1.82, 2.24) is 14.9 Å². The van der Waals surface area contributed by atoms with Crippen molar-refractivity contribution in [2.24, 2.45) is 0 Å². The first-order valence-electron chi connectivity index (χ1n) is 4.74. The summed E-state index contributed by atoms with van der Waals surface area (Å²) in [4.78, 5) is 20.3. The number of rotatable bonds is 1. The lowest BCUT2D eigenvalue weighted by Crippen LogP contribution is -2.36. The maximum absolute atomic E-state index is 11.4. The Kier molecular flexibility index (Phi) is 2.39. The van der Waals surface area contributed by atoms with Crippen molar-refractivity contribution in [3.63, 3.8) is 0 Å². The highest BCUT2D eigenvalue weighted by atomic mass is 16.6. The van der Waals surface area contributed by atoms with Crippen LogP contribution in [0.5, 0.6) is 0 Å². The van der Waals surface area contributed by atoms with E-state index < -0.39 is 0 Å². The molecule has 0 bridgehead atoms. The molecule has 1 aliphatic rings. The molecule has 0 saturated carbocycles. The van der Waals surface area contributed by atoms with Crippen LogP contribution in [0.1, 0.15) is 18.3 Å². The van der Waals surface area contributed by atoms with E-state index in [0.29, 0.717) is 19.7 Å². The van der Waals surface area contributed by atoms with Crippen LogP contribution in [-0.2, 0) is 17.7 Å². The second-order valence-electron chi connectivity index (χ2n) is 3.20. The van der Waals surface area contributed by atoms with Gasteiger partial charge in [0, 0.05) is 13.0 Å². The summed E-state index contributed by atoms with van der Waals surface area (Å²) >= 11 is 0. The van der Waals surface area contributed by atoms with E-state index >= 15 is 0 Å². The Morgan fingerprint density at radius 2 is 2.64 bits per heavy atom. The fourth-order valence-corrected chi connectivity index (χ4v) is 1.58. The number of ether oxygens (including phenoxy) is 1. The first-order valence-corrected chi connectivity index (χ1v) is 4.74. The van der Waals surface area contributed by atoms with Crippen molar-refractivity contribution in [1.29, 1.82) is 0 Å². The van der Waals surface area contributed by atoms with E-state index in [9.17, 15) is 4.79 Å². The van der Waals surface area contributed by atoms with Crippen LogP contribution in [0.4, 0.5) is 4.79 Å². The number of carbonyl (C=O) groups excluding carboxylic acids is 1. The molecule has 0 radical (unpaired) electrons. The molecule has 14 heavy (non-hydrogen) atoms. The van der Waals surface area contributed by atoms with E-state index in [4.69, 9.17) is 4.74 Å². The van der Waals surface area contributed by atoms with Gasteiger partial charge in [-0.15, -0.1) is 0 Å². The van der Waals surface area contributed by atoms with Crippen LogP contribution in [0.25, 0.3) is 0 Å². The maximum Gasteiger partial charge on any atom is 0.410 e. The lowest BCUT2D eigenvalue weighted by atomic mass is 10.1. The Morgan fingerprint density at radius 1 is 1.79 bits per heavy atom. The van der Waals surface area contributed by atoms with E-state index in [1.165, 1.54) is 0 Å². The first kappa shape index (κ1) is 9.05. The fourth-order valence-electron chi connectivity index (χ4n) is 1.58. The van der Waals surface area contributed by atoms with Gasteiger partial charge in [0.2, 0.25) is 0 Å². The molecule has 0 spiro atoms. The SMILES string of the molecule is CCOC(=O)N1CCc2nc[nH]c2C1. The third-order valence-corrected chi connectivity index (χ3v) is 2.30. The molecule has 0 fully saturated rings. The van der Waals surface area contributed by atoms with E-state index in [2.05, 4.69) is 9.97 Å². The maximum atomic E-state index is 11.4. The zero-order valence-electron chi connectivity index (χ0n) is 8.12. The van der Waals surface area contributed by atoms with Crippen LogP contribution in [0, 0.1) is 0 Å². The van der Waals surface area contributed by atoms with Gasteiger partial charge in [-0.25, -0.2) is 9.78 Å². The molecule has 0 aliphatic carbocycles. The number of imidazole rings is 1. The Bertz CT molecular complexity index is 335. The third-order valence-electron chi connectivity index (χ3n) is 2.30. The Morgan fingerprint density at radius 3 is 3.43 bits per heavy atom. The summed E-state index contributed by atoms with van der Waals surface area (Å²) in [6.45, 7) is 3.50. The van der Waals surface area contributed by atoms with Crippen molar-refractivity contribution in [3.05, 3.63) is 17.7 Å². The smallest absolute Gasteiger partial charge is 0.410 e. The number of H-pyrrole nitrogens is 1. The lowest BCUT2D eigenvalue weighted by Gasteiger charge is -2.25. The number of nitrogens with zero attached hydrogens (tertiary/aromatic N) is 2. The summed E-state index contributed by atoms with van der Waals surface area (Å²) in [5.74, 6) is 0. The third kappa shape index (κ3) is 1.57. The largest absolute Gasteiger partial charge is 0.450 e. The molecule has 0 saturated heterocycles. The minimum atomic E-state index is -0.243. The normalized spacial score (nSPS) is 15.1. The van der Waals surface area contributed by atoms with Gasteiger partial charge >= 0.3 is 6.09 Å². The van der Waals surface area contributed by atoms with Gasteiger partial charge in [0.15, 0.2) is 0 Å². The molecule has 0 unspecified atom stereocenters. The van der Waals surface area contributed by atoms with Gasteiger partial charge in [0.05, 0.1) is 30.9 Å². The minimum absolute atomic E-state index is 0.243. The number of amides is 1. The molecule has 2 heterocycles. The van der Waals surface area contributed by atoms with Crippen LogP contribution < -0.4 is 0 Å². The molecular weight excluding hydrogens is 182 g/mol. The summed E-state index contributed by atoms with van der Waals surface area (Å²) < 4.78 is 4.93. The lowest BCUT2D eigenvalue weighted by molar-refractivity contribution is 0.102. The van der Waals surface area contributed by atoms with E-state index in [1.54, 1.807) is 11.2 Å². The first-order chi connectivity index (χ1) is 6.81. The second kappa shape index (κ2) is 3.69. The quantitative estimate of drug-likeness (QED) is 0.725. The summed E-state index contributed by atoms with van der Waals surface area (Å²) in [5, 5.41) is 0. The standard InChI is InChI=1S/C9H13N3O2/c1-2-14-9(13)12-4-3-7-8(5-12)11-6-10-7/h6H,2-5H2,1H3,(H,10,11). The molecule has 0 aromatic carbocycles. The second-order valence-corrected chi connectivity index (χ2v) is 3.20. The van der Waals surface area contributed by atoms with Crippen LogP contribution in [-0.4, -0.2) is 34.1 Å². The fraction of sp³-hybridized carbons (Fsp3) is 0.556. The number of nitrogens with one attached hydrogen (secondary N) is 1. The van der Waals surface area contributed by atoms with Crippen LogP contribution in [0.3, 0.4) is 0 Å². The number of hydrogen-bond acceptors (Lipinski definition) is 3. The van der Waals surface area contributed by atoms with E-state index in [1.807, 2.05) is 6.92 Å². The molecular formula is C9H13N3O2. The van der Waals surface area contributed by atoms with Gasteiger partial charge in [-0.1, -0.05) is 0 Å². The highest BCUT2D eigenvalue weighted by Gasteiger charge is 2.22. The molecule has 0 atom stereocenters. The Balaban J connectivity index is 2.04. The molecule has 1 amide bonds. The van der Waals surface area contributed by atoms with Crippen molar-refractivity contribution in [2.45, 2.75) is 19.9 Å². The monoisotopic (exact) mass is 195 g/mol. The zero-order valence-corrected chi connectivity index (χ0v) is 8.12. The summed E-state index contributed by atoms with van der Waals surface area (Å²) in [6, 6.07) is 0. The number of carbonyl (C=O) groups is 1. The van der Waals surface area contributed by atoms with Crippen LogP contribution in [0.15, 0.2) is 6.33 Å². The zero-order chi connectivity index (χ0) is 9.97. The van der Waals surface area contributed by atoms with Crippen LogP contribution in [0.2, 0.25) is 0 Å². The highest BCUT2D eigenvalue weighted by Crippen LogP contribution is 2.15. The molecule has 1 N–H and O–H groups in total. The van der Waals surface area contributed by atoms with Crippen LogP contribution >= 0.6 is 0 Å². The summed E-state index contributed by atoms with van der Waals surface area (Å²) in [7, 11) is 0. The molecule has 5 heteroatoms. The number of aromatic amines is 1. The molecule has 1 aliphatic heterocycles. The Labute approximate surface area is 82.1 Å². The van der Waals surface area contributed by atoms with Crippen molar-refractivity contribution in [3.8, 4) is 0 Å². The highest BCUT2D eigenvalue weighted by molar-refractivity contribution is 5.67. The van der Waals surface area contributed by atoms with Crippen molar-refractivity contribution < 1.29 is 9.53 Å². The minimum Gasteiger partial charge on any atom is -0.450 e. The Hall–Kier alpha value is -1.52. The van der Waals surface area contributed by atoms with Crippen molar-refractivity contribution in [2.75, 3.05) is 13.2 Å². The topological polar surface area (TPSA) is 58.2 Å². The van der Waals surface area contributed by atoms with Gasteiger partial charge in [0.1, 0.15) is 0 Å². The number of aromatic nitrogens is 2. The van der Waals surface area contributed by atoms with E-state index in [0.717, 1.165) is 17.8 Å². The van der Waals surface area contributed by atoms with Gasteiger partial charge in [-0.3, -0.25) is 0 Å². The van der Waals surface area contributed by atoms with Gasteiger partial charge in [0.25, 0.3) is 0 Å². The average molecular weight is 195 g/mol. The predicted octanol–water partition coefficient (Wildman–Crippen LogP) is 0.924. The number of hydrogen-bond donors (Lipinski definition) is 1. The van der Waals surface area contributed by atoms with E-state index in [-0.39, 0.29) is 6.09 Å². The predicted molar refractivity (Wildman–Crippen MR) is 49.7 cm³/mol. The molecule has 76 valence electrons. The summed E-state index contributed by atoms with van der Waals surface area (Å²) in [5.41, 5.74) is 2.08. The summed E-state index contributed by atoms with van der Waals surface area (Å²) in [6.07, 6.45) is 2.23. The van der Waals surface area contributed by atoms with Crippen molar-refractivity contribution >= 4 is 6.09 Å². The molecule has 5 nitrogen and oxygen atoms in total. The van der Waals surface area contributed by atoms with Gasteiger partial charge in [-0.05, 0) is 6.92 Å². The van der Waals surface area contributed by atoms with Gasteiger partial charge < -0.3 is 14.6 Å². The molecule has 2 rings (SSSR count). The number of fused-ring (bicyclic) bond motifs is 1. The average Bonchev–Trinajstić information content (AvgIpc) is 2.64.